The lowest BCUT2D eigenvalue weighted by Gasteiger charge is -2.24. The van der Waals surface area contributed by atoms with Gasteiger partial charge in [-0.3, -0.25) is 19.9 Å². The number of hydrogen-bond acceptors (Lipinski definition) is 6. The lowest BCUT2D eigenvalue weighted by molar-refractivity contribution is -0.139. The summed E-state index contributed by atoms with van der Waals surface area (Å²) in [5.74, 6) is 0.532. The topological polar surface area (TPSA) is 100 Å². The number of amides is 4. The molecule has 0 spiro atoms. The molecule has 1 aliphatic heterocycles. The Bertz CT molecular complexity index is 1090. The lowest BCUT2D eigenvalue weighted by Crippen LogP contribution is -2.51. The number of hydrazine groups is 1. The van der Waals surface area contributed by atoms with E-state index in [1.165, 1.54) is 0 Å². The van der Waals surface area contributed by atoms with Crippen LogP contribution in [0.15, 0.2) is 48.5 Å². The minimum atomic E-state index is -1.08. The van der Waals surface area contributed by atoms with Crippen molar-refractivity contribution in [2.75, 3.05) is 20.8 Å². The van der Waals surface area contributed by atoms with Crippen molar-refractivity contribution in [1.29, 1.82) is 0 Å². The molecular formula is C26H32N4O5. The summed E-state index contributed by atoms with van der Waals surface area (Å²) in [5, 5.41) is 3.55. The molecule has 0 radical (unpaired) electrons. The Labute approximate surface area is 205 Å². The van der Waals surface area contributed by atoms with Crippen LogP contribution in [0.2, 0.25) is 0 Å². The number of rotatable bonds is 11. The SMILES string of the molecule is COc1ccc(OC)c(CN(CC(=O)NN2C(=O)NC(C)(CCc3ccccc3)C2=O)C2CC2)c1. The summed E-state index contributed by atoms with van der Waals surface area (Å²) < 4.78 is 10.8. The number of nitrogens with one attached hydrogen (secondary N) is 2. The first-order chi connectivity index (χ1) is 16.8. The van der Waals surface area contributed by atoms with E-state index < -0.39 is 23.4 Å². The standard InChI is InChI=1S/C26H32N4O5/c1-26(14-13-18-7-5-4-6-8-18)24(32)30(25(33)27-26)28-23(31)17-29(20-9-10-20)16-19-15-21(34-2)11-12-22(19)35-3/h4-8,11-12,15,20H,9-10,13-14,16-17H2,1-3H3,(H,27,33)(H,28,31). The molecule has 0 aromatic heterocycles. The maximum Gasteiger partial charge on any atom is 0.344 e. The largest absolute Gasteiger partial charge is 0.497 e. The van der Waals surface area contributed by atoms with E-state index in [1.54, 1.807) is 21.1 Å². The Morgan fingerprint density at radius 3 is 2.54 bits per heavy atom. The van der Waals surface area contributed by atoms with E-state index in [0.29, 0.717) is 30.9 Å². The Kier molecular flexibility index (Phi) is 7.25. The zero-order chi connectivity index (χ0) is 25.0. The summed E-state index contributed by atoms with van der Waals surface area (Å²) in [7, 11) is 3.20. The van der Waals surface area contributed by atoms with Gasteiger partial charge in [0.15, 0.2) is 0 Å². The van der Waals surface area contributed by atoms with E-state index in [2.05, 4.69) is 10.7 Å². The van der Waals surface area contributed by atoms with Crippen molar-refractivity contribution >= 4 is 17.8 Å². The molecule has 1 saturated carbocycles. The molecule has 2 aromatic carbocycles. The minimum Gasteiger partial charge on any atom is -0.497 e. The number of carbonyl (C=O) groups is 3. The van der Waals surface area contributed by atoms with Crippen LogP contribution in [0.5, 0.6) is 11.5 Å². The summed E-state index contributed by atoms with van der Waals surface area (Å²) in [4.78, 5) is 40.6. The summed E-state index contributed by atoms with van der Waals surface area (Å²) in [5.41, 5.74) is 3.41. The van der Waals surface area contributed by atoms with E-state index in [4.69, 9.17) is 9.47 Å². The van der Waals surface area contributed by atoms with Gasteiger partial charge in [-0.15, -0.1) is 0 Å². The second-order valence-electron chi connectivity index (χ2n) is 9.24. The van der Waals surface area contributed by atoms with E-state index in [1.807, 2.05) is 53.4 Å². The molecule has 2 fully saturated rings. The molecule has 1 saturated heterocycles. The van der Waals surface area contributed by atoms with Gasteiger partial charge in [0, 0.05) is 18.2 Å². The van der Waals surface area contributed by atoms with Gasteiger partial charge in [-0.25, -0.2) is 4.79 Å². The summed E-state index contributed by atoms with van der Waals surface area (Å²) >= 11 is 0. The fourth-order valence-electron chi connectivity index (χ4n) is 4.32. The second kappa shape index (κ2) is 10.4. The van der Waals surface area contributed by atoms with Crippen LogP contribution in [0, 0.1) is 0 Å². The molecule has 1 aliphatic carbocycles. The molecule has 0 bridgehead atoms. The highest BCUT2D eigenvalue weighted by atomic mass is 16.5. The van der Waals surface area contributed by atoms with Crippen LogP contribution in [0.1, 0.15) is 37.3 Å². The molecule has 2 aliphatic rings. The average molecular weight is 481 g/mol. The molecule has 186 valence electrons. The average Bonchev–Trinajstić information content (AvgIpc) is 3.68. The van der Waals surface area contributed by atoms with Crippen LogP contribution in [0.25, 0.3) is 0 Å². The molecule has 2 N–H and O–H groups in total. The van der Waals surface area contributed by atoms with E-state index in [-0.39, 0.29) is 12.6 Å². The number of benzene rings is 2. The molecular weight excluding hydrogens is 448 g/mol. The van der Waals surface area contributed by atoms with Crippen LogP contribution in [-0.2, 0) is 22.6 Å². The van der Waals surface area contributed by atoms with Gasteiger partial charge in [0.05, 0.1) is 20.8 Å². The van der Waals surface area contributed by atoms with Crippen LogP contribution >= 0.6 is 0 Å². The third-order valence-corrected chi connectivity index (χ3v) is 6.53. The highest BCUT2D eigenvalue weighted by Gasteiger charge is 2.48. The highest BCUT2D eigenvalue weighted by Crippen LogP contribution is 2.32. The van der Waals surface area contributed by atoms with Crippen molar-refractivity contribution < 1.29 is 23.9 Å². The lowest BCUT2D eigenvalue weighted by atomic mass is 9.93. The van der Waals surface area contributed by atoms with Gasteiger partial charge in [-0.2, -0.15) is 5.01 Å². The van der Waals surface area contributed by atoms with Crippen molar-refractivity contribution in [3.05, 3.63) is 59.7 Å². The molecule has 1 atom stereocenters. The maximum absolute atomic E-state index is 13.1. The van der Waals surface area contributed by atoms with Crippen LogP contribution in [0.4, 0.5) is 4.79 Å². The van der Waals surface area contributed by atoms with Gasteiger partial charge in [0.25, 0.3) is 11.8 Å². The molecule has 2 aromatic rings. The highest BCUT2D eigenvalue weighted by molar-refractivity contribution is 6.07. The normalized spacial score (nSPS) is 19.6. The number of ether oxygens (including phenoxy) is 2. The summed E-state index contributed by atoms with van der Waals surface area (Å²) in [6.07, 6.45) is 3.03. The van der Waals surface area contributed by atoms with Crippen LogP contribution in [-0.4, -0.2) is 60.1 Å². The van der Waals surface area contributed by atoms with E-state index in [9.17, 15) is 14.4 Å². The number of aryl methyl sites for hydroxylation is 1. The van der Waals surface area contributed by atoms with Gasteiger partial charge >= 0.3 is 6.03 Å². The maximum atomic E-state index is 13.1. The quantitative estimate of drug-likeness (QED) is 0.480. The third kappa shape index (κ3) is 5.74. The van der Waals surface area contributed by atoms with Gasteiger partial charge in [0.1, 0.15) is 17.0 Å². The van der Waals surface area contributed by atoms with Crippen LogP contribution < -0.4 is 20.2 Å². The summed E-state index contributed by atoms with van der Waals surface area (Å²) in [6.45, 7) is 2.21. The second-order valence-corrected chi connectivity index (χ2v) is 9.24. The van der Waals surface area contributed by atoms with Crippen molar-refractivity contribution in [1.82, 2.24) is 20.7 Å². The summed E-state index contributed by atoms with van der Waals surface area (Å²) in [6, 6.07) is 15.0. The molecule has 4 amide bonds. The monoisotopic (exact) mass is 480 g/mol. The minimum absolute atomic E-state index is 0.0445. The van der Waals surface area contributed by atoms with Crippen molar-refractivity contribution in [3.63, 3.8) is 0 Å². The van der Waals surface area contributed by atoms with Crippen molar-refractivity contribution in [3.8, 4) is 11.5 Å². The first-order valence-electron chi connectivity index (χ1n) is 11.8. The van der Waals surface area contributed by atoms with E-state index >= 15 is 0 Å². The van der Waals surface area contributed by atoms with Crippen molar-refractivity contribution in [2.45, 2.75) is 50.7 Å². The molecule has 4 rings (SSSR count). The molecule has 1 unspecified atom stereocenters. The number of urea groups is 1. The Morgan fingerprint density at radius 2 is 1.89 bits per heavy atom. The fourth-order valence-corrected chi connectivity index (χ4v) is 4.32. The van der Waals surface area contributed by atoms with Gasteiger partial charge in [-0.05, 0) is 56.4 Å². The first-order valence-corrected chi connectivity index (χ1v) is 11.8. The molecule has 1 heterocycles. The van der Waals surface area contributed by atoms with Crippen LogP contribution in [0.3, 0.4) is 0 Å². The Balaban J connectivity index is 1.38. The predicted molar refractivity (Wildman–Crippen MR) is 130 cm³/mol. The molecule has 9 heteroatoms. The Hall–Kier alpha value is -3.59. The van der Waals surface area contributed by atoms with E-state index in [0.717, 1.165) is 29.0 Å². The van der Waals surface area contributed by atoms with Crippen molar-refractivity contribution in [2.24, 2.45) is 0 Å². The zero-order valence-electron chi connectivity index (χ0n) is 20.4. The number of carbonyl (C=O) groups excluding carboxylic acids is 3. The van der Waals surface area contributed by atoms with Gasteiger partial charge in [0.2, 0.25) is 0 Å². The fraction of sp³-hybridized carbons (Fsp3) is 0.423. The number of methoxy groups -OCH3 is 2. The van der Waals surface area contributed by atoms with Gasteiger partial charge < -0.3 is 14.8 Å². The number of hydrogen-bond donors (Lipinski definition) is 2. The Morgan fingerprint density at radius 1 is 1.14 bits per heavy atom. The molecule has 9 nitrogen and oxygen atoms in total. The number of nitrogens with zero attached hydrogens (tertiary/aromatic N) is 2. The first kappa shape index (κ1) is 24.5. The van der Waals surface area contributed by atoms with Gasteiger partial charge in [-0.1, -0.05) is 30.3 Å². The zero-order valence-corrected chi connectivity index (χ0v) is 20.4. The smallest absolute Gasteiger partial charge is 0.344 e. The molecule has 35 heavy (non-hydrogen) atoms. The number of imide groups is 1. The third-order valence-electron chi connectivity index (χ3n) is 6.53. The predicted octanol–water partition coefficient (Wildman–Crippen LogP) is 2.64.